The first-order valence-electron chi connectivity index (χ1n) is 11.3. The third-order valence-electron chi connectivity index (χ3n) is 5.73. The van der Waals surface area contributed by atoms with Gasteiger partial charge >= 0.3 is 0 Å². The van der Waals surface area contributed by atoms with Gasteiger partial charge in [-0.15, -0.1) is 0 Å². The van der Waals surface area contributed by atoms with Crippen molar-refractivity contribution in [2.75, 3.05) is 26.0 Å². The topological polar surface area (TPSA) is 62.4 Å². The molecule has 0 bridgehead atoms. The largest absolute Gasteiger partial charge is 0.496 e. The fourth-order valence-corrected chi connectivity index (χ4v) is 4.68. The number of hydrogen-bond acceptors (Lipinski definition) is 4. The van der Waals surface area contributed by atoms with Gasteiger partial charge in [-0.2, -0.15) is 0 Å². The van der Waals surface area contributed by atoms with Crippen molar-refractivity contribution in [2.24, 2.45) is 0 Å². The normalized spacial score (nSPS) is 11.8. The highest BCUT2D eigenvalue weighted by Gasteiger charge is 2.17. The lowest BCUT2D eigenvalue weighted by molar-refractivity contribution is 0.262. The van der Waals surface area contributed by atoms with Crippen molar-refractivity contribution in [1.82, 2.24) is 9.88 Å². The molecular weight excluding hydrogens is 420 g/mol. The lowest BCUT2D eigenvalue weighted by Crippen LogP contribution is -2.27. The van der Waals surface area contributed by atoms with E-state index in [0.29, 0.717) is 10.6 Å². The van der Waals surface area contributed by atoms with Crippen LogP contribution >= 0.6 is 0 Å². The maximum atomic E-state index is 12.4. The lowest BCUT2D eigenvalue weighted by Gasteiger charge is -2.21. The quantitative estimate of drug-likeness (QED) is 0.402. The zero-order chi connectivity index (χ0) is 23.0. The highest BCUT2D eigenvalue weighted by Crippen LogP contribution is 2.32. The molecule has 0 fully saturated rings. The summed E-state index contributed by atoms with van der Waals surface area (Å²) < 4.78 is 30.2. The molecule has 32 heavy (non-hydrogen) atoms. The summed E-state index contributed by atoms with van der Waals surface area (Å²) in [5.74, 6) is 0.725. The number of H-pyrrole nitrogens is 1. The second kappa shape index (κ2) is 11.3. The van der Waals surface area contributed by atoms with Gasteiger partial charge in [-0.05, 0) is 55.3 Å². The predicted molar refractivity (Wildman–Crippen MR) is 131 cm³/mol. The van der Waals surface area contributed by atoms with Gasteiger partial charge in [-0.3, -0.25) is 4.90 Å². The van der Waals surface area contributed by atoms with E-state index in [9.17, 15) is 8.42 Å². The minimum absolute atomic E-state index is 0.0720. The van der Waals surface area contributed by atoms with Crippen molar-refractivity contribution in [3.8, 4) is 17.0 Å². The Labute approximate surface area is 192 Å². The van der Waals surface area contributed by atoms with Crippen LogP contribution in [0.2, 0.25) is 0 Å². The van der Waals surface area contributed by atoms with Gasteiger partial charge in [0.1, 0.15) is 5.75 Å². The van der Waals surface area contributed by atoms with Crippen molar-refractivity contribution >= 4 is 9.84 Å². The molecule has 0 aliphatic heterocycles. The van der Waals surface area contributed by atoms with Gasteiger partial charge in [-0.25, -0.2) is 8.42 Å². The highest BCUT2D eigenvalue weighted by atomic mass is 32.2. The fraction of sp³-hybridized carbons (Fsp3) is 0.385. The van der Waals surface area contributed by atoms with Crippen LogP contribution in [0.15, 0.2) is 65.6 Å². The van der Waals surface area contributed by atoms with Gasteiger partial charge in [0, 0.05) is 30.0 Å². The number of rotatable bonds is 12. The lowest BCUT2D eigenvalue weighted by atomic mass is 10.1. The van der Waals surface area contributed by atoms with Crippen LogP contribution in [0.1, 0.15) is 37.9 Å². The van der Waals surface area contributed by atoms with Gasteiger partial charge in [0.2, 0.25) is 0 Å². The number of methoxy groups -OCH3 is 1. The molecular formula is C26H34N2O3S. The van der Waals surface area contributed by atoms with E-state index < -0.39 is 9.84 Å². The molecule has 5 nitrogen and oxygen atoms in total. The second-order valence-electron chi connectivity index (χ2n) is 8.03. The van der Waals surface area contributed by atoms with E-state index in [4.69, 9.17) is 4.74 Å². The van der Waals surface area contributed by atoms with Crippen LogP contribution in [0.4, 0.5) is 0 Å². The zero-order valence-corrected chi connectivity index (χ0v) is 20.1. The number of unbranched alkanes of at least 4 members (excludes halogenated alkanes) is 1. The van der Waals surface area contributed by atoms with E-state index in [1.54, 1.807) is 32.2 Å². The number of sulfone groups is 1. The van der Waals surface area contributed by atoms with Gasteiger partial charge in [0.15, 0.2) is 9.84 Å². The average Bonchev–Trinajstić information content (AvgIpc) is 3.29. The van der Waals surface area contributed by atoms with E-state index in [-0.39, 0.29) is 5.75 Å². The van der Waals surface area contributed by atoms with Crippen molar-refractivity contribution in [3.05, 3.63) is 71.9 Å². The summed E-state index contributed by atoms with van der Waals surface area (Å²) in [7, 11) is -1.68. The van der Waals surface area contributed by atoms with E-state index in [2.05, 4.69) is 47.1 Å². The van der Waals surface area contributed by atoms with Gasteiger partial charge in [0.25, 0.3) is 0 Å². The Morgan fingerprint density at radius 3 is 2.44 bits per heavy atom. The van der Waals surface area contributed by atoms with Gasteiger partial charge in [0.05, 0.1) is 17.8 Å². The number of nitrogens with one attached hydrogen (secondary N) is 1. The number of ether oxygens (including phenoxy) is 1. The number of nitrogens with zero attached hydrogens (tertiary/aromatic N) is 1. The molecule has 0 radical (unpaired) electrons. The second-order valence-corrected chi connectivity index (χ2v) is 10.3. The Bertz CT molecular complexity index is 1090. The summed E-state index contributed by atoms with van der Waals surface area (Å²) >= 11 is 0. The number of aromatic nitrogens is 1. The Morgan fingerprint density at radius 2 is 1.75 bits per heavy atom. The summed E-state index contributed by atoms with van der Waals surface area (Å²) in [5.41, 5.74) is 4.08. The molecule has 3 aromatic rings. The molecule has 1 aromatic heterocycles. The minimum atomic E-state index is -3.29. The first-order valence-corrected chi connectivity index (χ1v) is 13.0. The van der Waals surface area contributed by atoms with E-state index in [0.717, 1.165) is 55.8 Å². The highest BCUT2D eigenvalue weighted by molar-refractivity contribution is 7.91. The fourth-order valence-electron chi connectivity index (χ4n) is 3.77. The molecule has 0 atom stereocenters. The standard InChI is InChI=1S/C26H34N2O3S/c1-4-6-17-28(18-16-21-10-8-7-9-11-21)20-22-12-14-25(27-22)24-19-23(32(29,30)5-2)13-15-26(24)31-3/h7-15,19,27H,4-6,16-18,20H2,1-3H3. The Kier molecular flexibility index (Phi) is 8.53. The molecule has 1 N–H and O–H groups in total. The molecule has 2 aromatic carbocycles. The Balaban J connectivity index is 1.79. The van der Waals surface area contributed by atoms with Crippen molar-refractivity contribution in [2.45, 2.75) is 44.6 Å². The molecule has 3 rings (SSSR count). The summed E-state index contributed by atoms with van der Waals surface area (Å²) in [5, 5.41) is 0. The van der Waals surface area contributed by atoms with Crippen molar-refractivity contribution < 1.29 is 13.2 Å². The maximum absolute atomic E-state index is 12.4. The number of aromatic amines is 1. The van der Waals surface area contributed by atoms with Gasteiger partial charge < -0.3 is 9.72 Å². The van der Waals surface area contributed by atoms with Crippen LogP contribution in [-0.2, 0) is 22.8 Å². The summed E-state index contributed by atoms with van der Waals surface area (Å²) in [4.78, 5) is 6.28. The average molecular weight is 455 g/mol. The van der Waals surface area contributed by atoms with E-state index >= 15 is 0 Å². The molecule has 0 aliphatic carbocycles. The molecule has 0 saturated heterocycles. The van der Waals surface area contributed by atoms with Crippen LogP contribution in [0.25, 0.3) is 11.3 Å². The molecule has 6 heteroatoms. The summed E-state index contributed by atoms with van der Waals surface area (Å²) in [6.07, 6.45) is 3.34. The summed E-state index contributed by atoms with van der Waals surface area (Å²) in [6, 6.07) is 19.7. The summed E-state index contributed by atoms with van der Waals surface area (Å²) in [6.45, 7) is 6.73. The monoisotopic (exact) mass is 454 g/mol. The molecule has 0 amide bonds. The number of hydrogen-bond donors (Lipinski definition) is 1. The van der Waals surface area contributed by atoms with Crippen molar-refractivity contribution in [3.63, 3.8) is 0 Å². The molecule has 0 aliphatic rings. The van der Waals surface area contributed by atoms with E-state index in [1.807, 2.05) is 12.1 Å². The molecule has 0 saturated carbocycles. The Morgan fingerprint density at radius 1 is 0.969 bits per heavy atom. The number of benzene rings is 2. The smallest absolute Gasteiger partial charge is 0.178 e. The molecule has 172 valence electrons. The van der Waals surface area contributed by atoms with Crippen LogP contribution in [0, 0.1) is 0 Å². The predicted octanol–water partition coefficient (Wildman–Crippen LogP) is 5.33. The van der Waals surface area contributed by atoms with Crippen molar-refractivity contribution in [1.29, 1.82) is 0 Å². The third-order valence-corrected chi connectivity index (χ3v) is 7.46. The SMILES string of the molecule is CCCCN(CCc1ccccc1)Cc1ccc(-c2cc(S(=O)(=O)CC)ccc2OC)[nH]1. The molecule has 0 spiro atoms. The van der Waals surface area contributed by atoms with Crippen LogP contribution in [-0.4, -0.2) is 44.3 Å². The molecule has 0 unspecified atom stereocenters. The van der Waals surface area contributed by atoms with Gasteiger partial charge in [-0.1, -0.05) is 50.6 Å². The maximum Gasteiger partial charge on any atom is 0.178 e. The van der Waals surface area contributed by atoms with Crippen LogP contribution < -0.4 is 4.74 Å². The first kappa shape index (κ1) is 24.1. The zero-order valence-electron chi connectivity index (χ0n) is 19.3. The van der Waals surface area contributed by atoms with E-state index in [1.165, 1.54) is 5.56 Å². The first-order chi connectivity index (χ1) is 15.5. The Hall–Kier alpha value is -2.57. The third kappa shape index (κ3) is 6.24. The van der Waals surface area contributed by atoms with Crippen LogP contribution in [0.3, 0.4) is 0 Å². The van der Waals surface area contributed by atoms with Crippen LogP contribution in [0.5, 0.6) is 5.75 Å². The molecule has 1 heterocycles. The minimum Gasteiger partial charge on any atom is -0.496 e.